The number of carbonyl (C=O) groups is 4. The van der Waals surface area contributed by atoms with Gasteiger partial charge in [0.1, 0.15) is 17.8 Å². The predicted molar refractivity (Wildman–Crippen MR) is 129 cm³/mol. The Balaban J connectivity index is 1.57. The fourth-order valence-electron chi connectivity index (χ4n) is 3.44. The minimum Gasteiger partial charge on any atom is -0.508 e. The summed E-state index contributed by atoms with van der Waals surface area (Å²) in [4.78, 5) is 62.8. The fourth-order valence-corrected chi connectivity index (χ4v) is 3.44. The van der Waals surface area contributed by atoms with Crippen molar-refractivity contribution in [3.05, 3.63) is 66.3 Å². The number of amides is 3. The second-order valence-corrected chi connectivity index (χ2v) is 8.28. The van der Waals surface area contributed by atoms with E-state index in [4.69, 9.17) is 5.73 Å². The average Bonchev–Trinajstić information content (AvgIpc) is 3.57. The van der Waals surface area contributed by atoms with Crippen LogP contribution in [0, 0.1) is 0 Å². The first-order chi connectivity index (χ1) is 17.7. The minimum atomic E-state index is -1.27. The summed E-state index contributed by atoms with van der Waals surface area (Å²) < 4.78 is 0. The zero-order chi connectivity index (χ0) is 26.8. The van der Waals surface area contributed by atoms with E-state index in [2.05, 4.69) is 35.9 Å². The number of hydrogen-bond acceptors (Lipinski definition) is 8. The zero-order valence-electron chi connectivity index (χ0n) is 19.7. The van der Waals surface area contributed by atoms with Crippen molar-refractivity contribution in [3.63, 3.8) is 0 Å². The molecule has 3 atom stereocenters. The van der Waals surface area contributed by atoms with Crippen molar-refractivity contribution < 1.29 is 29.4 Å². The Kier molecular flexibility index (Phi) is 9.32. The van der Waals surface area contributed by atoms with Crippen LogP contribution >= 0.6 is 0 Å². The van der Waals surface area contributed by atoms with E-state index in [1.807, 2.05) is 0 Å². The van der Waals surface area contributed by atoms with E-state index in [0.717, 1.165) is 5.56 Å². The highest BCUT2D eigenvalue weighted by molar-refractivity contribution is 5.92. The molecule has 2 aromatic heterocycles. The van der Waals surface area contributed by atoms with Gasteiger partial charge >= 0.3 is 5.97 Å². The van der Waals surface area contributed by atoms with Crippen LogP contribution in [0.25, 0.3) is 0 Å². The summed E-state index contributed by atoms with van der Waals surface area (Å²) in [7, 11) is 0. The number of nitrogens with two attached hydrogens (primary N) is 1. The molecule has 2 heterocycles. The number of aromatic hydroxyl groups is 1. The van der Waals surface area contributed by atoms with Crippen molar-refractivity contribution in [2.24, 2.45) is 5.73 Å². The van der Waals surface area contributed by atoms with Crippen molar-refractivity contribution >= 4 is 23.7 Å². The Labute approximate surface area is 211 Å². The number of carboxylic acid groups (broad SMARTS) is 1. The Morgan fingerprint density at radius 3 is 2.00 bits per heavy atom. The number of imidazole rings is 2. The lowest BCUT2D eigenvalue weighted by molar-refractivity contribution is -0.142. The van der Waals surface area contributed by atoms with E-state index in [9.17, 15) is 29.4 Å². The molecule has 196 valence electrons. The average molecular weight is 513 g/mol. The Morgan fingerprint density at radius 2 is 1.46 bits per heavy atom. The first-order valence-electron chi connectivity index (χ1n) is 11.3. The summed E-state index contributed by atoms with van der Waals surface area (Å²) >= 11 is 0. The van der Waals surface area contributed by atoms with Crippen molar-refractivity contribution in [3.8, 4) is 5.75 Å². The number of rotatable bonds is 13. The van der Waals surface area contributed by atoms with Gasteiger partial charge in [0, 0.05) is 36.6 Å². The summed E-state index contributed by atoms with van der Waals surface area (Å²) in [5.41, 5.74) is 7.67. The number of nitrogens with zero attached hydrogens (tertiary/aromatic N) is 2. The summed E-state index contributed by atoms with van der Waals surface area (Å²) in [5, 5.41) is 26.2. The zero-order valence-corrected chi connectivity index (χ0v) is 19.7. The third-order valence-electron chi connectivity index (χ3n) is 5.38. The van der Waals surface area contributed by atoms with Crippen molar-refractivity contribution in [1.82, 2.24) is 35.9 Å². The summed E-state index contributed by atoms with van der Waals surface area (Å²) in [6.45, 7) is -0.453. The smallest absolute Gasteiger partial charge is 0.326 e. The standard InChI is InChI=1S/C23H28N8O6/c24-17(5-13-1-3-16(32)4-2-13)21(34)27-10-20(33)30-18(6-14-8-25-11-28-14)22(35)31-19(23(36)37)7-15-9-26-12-29-15/h1-4,8-9,11-12,17-19,32H,5-7,10,24H2,(H,25,28)(H,26,29)(H,27,34)(H,30,33)(H,31,35)(H,36,37). The lowest BCUT2D eigenvalue weighted by Gasteiger charge is -2.21. The molecule has 0 fully saturated rings. The first kappa shape index (κ1) is 26.9. The van der Waals surface area contributed by atoms with Crippen LogP contribution in [0.2, 0.25) is 0 Å². The summed E-state index contributed by atoms with van der Waals surface area (Å²) in [6, 6.07) is 2.84. The molecule has 3 unspecified atom stereocenters. The second kappa shape index (κ2) is 12.8. The third-order valence-corrected chi connectivity index (χ3v) is 5.38. The Bertz CT molecular complexity index is 1180. The molecule has 0 bridgehead atoms. The second-order valence-electron chi connectivity index (χ2n) is 8.28. The van der Waals surface area contributed by atoms with E-state index in [0.29, 0.717) is 11.4 Å². The van der Waals surface area contributed by atoms with Crippen LogP contribution < -0.4 is 21.7 Å². The normalized spacial score (nSPS) is 13.2. The van der Waals surface area contributed by atoms with Gasteiger partial charge < -0.3 is 41.9 Å². The molecular formula is C23H28N8O6. The first-order valence-corrected chi connectivity index (χ1v) is 11.3. The molecule has 9 N–H and O–H groups in total. The SMILES string of the molecule is NC(Cc1ccc(O)cc1)C(=O)NCC(=O)NC(Cc1cnc[nH]1)C(=O)NC(Cc1cnc[nH]1)C(=O)O. The van der Waals surface area contributed by atoms with Crippen LogP contribution in [0.5, 0.6) is 5.75 Å². The summed E-state index contributed by atoms with van der Waals surface area (Å²) in [5.74, 6) is -3.16. The maximum atomic E-state index is 12.9. The number of carboxylic acids is 1. The van der Waals surface area contributed by atoms with Crippen LogP contribution in [0.15, 0.2) is 49.3 Å². The quantitative estimate of drug-likeness (QED) is 0.131. The highest BCUT2D eigenvalue weighted by Crippen LogP contribution is 2.11. The molecule has 0 aliphatic carbocycles. The molecule has 0 saturated carbocycles. The number of nitrogens with one attached hydrogen (secondary N) is 5. The van der Waals surface area contributed by atoms with Crippen LogP contribution in [0.3, 0.4) is 0 Å². The van der Waals surface area contributed by atoms with Gasteiger partial charge in [-0.05, 0) is 24.1 Å². The highest BCUT2D eigenvalue weighted by Gasteiger charge is 2.28. The molecule has 3 rings (SSSR count). The van der Waals surface area contributed by atoms with E-state index < -0.39 is 48.4 Å². The topological polar surface area (TPSA) is 228 Å². The number of H-pyrrole nitrogens is 2. The van der Waals surface area contributed by atoms with Gasteiger partial charge in [-0.1, -0.05) is 12.1 Å². The molecule has 0 spiro atoms. The van der Waals surface area contributed by atoms with Crippen LogP contribution in [0.4, 0.5) is 0 Å². The van der Waals surface area contributed by atoms with E-state index >= 15 is 0 Å². The number of hydrogen-bond donors (Lipinski definition) is 8. The van der Waals surface area contributed by atoms with E-state index in [-0.39, 0.29) is 25.0 Å². The van der Waals surface area contributed by atoms with Crippen molar-refractivity contribution in [2.45, 2.75) is 37.4 Å². The van der Waals surface area contributed by atoms with Gasteiger partial charge in [-0.15, -0.1) is 0 Å². The van der Waals surface area contributed by atoms with Gasteiger partial charge in [0.15, 0.2) is 0 Å². The monoisotopic (exact) mass is 512 g/mol. The lowest BCUT2D eigenvalue weighted by Crippen LogP contribution is -2.55. The van der Waals surface area contributed by atoms with E-state index in [1.54, 1.807) is 12.1 Å². The summed E-state index contributed by atoms with van der Waals surface area (Å²) in [6.07, 6.45) is 5.85. The number of phenolic OH excluding ortho intramolecular Hbond substituents is 1. The predicted octanol–water partition coefficient (Wildman–Crippen LogP) is -1.64. The van der Waals surface area contributed by atoms with Gasteiger partial charge in [0.25, 0.3) is 0 Å². The van der Waals surface area contributed by atoms with Crippen molar-refractivity contribution in [2.75, 3.05) is 6.54 Å². The third kappa shape index (κ3) is 8.47. The number of carbonyl (C=O) groups excluding carboxylic acids is 3. The number of aliphatic carboxylic acids is 1. The van der Waals surface area contributed by atoms with Gasteiger partial charge in [-0.2, -0.15) is 0 Å². The van der Waals surface area contributed by atoms with E-state index in [1.165, 1.54) is 37.2 Å². The number of aromatic amines is 2. The molecule has 3 amide bonds. The molecule has 14 heteroatoms. The van der Waals surface area contributed by atoms with Gasteiger partial charge in [-0.25, -0.2) is 14.8 Å². The highest BCUT2D eigenvalue weighted by atomic mass is 16.4. The molecule has 3 aromatic rings. The van der Waals surface area contributed by atoms with Crippen LogP contribution in [0.1, 0.15) is 17.0 Å². The molecule has 0 radical (unpaired) electrons. The number of phenols is 1. The van der Waals surface area contributed by atoms with Gasteiger partial charge in [-0.3, -0.25) is 14.4 Å². The number of benzene rings is 1. The lowest BCUT2D eigenvalue weighted by atomic mass is 10.1. The molecule has 0 aliphatic heterocycles. The molecule has 1 aromatic carbocycles. The van der Waals surface area contributed by atoms with Gasteiger partial charge in [0.05, 0.1) is 25.2 Å². The molecular weight excluding hydrogens is 484 g/mol. The molecule has 0 aliphatic rings. The van der Waals surface area contributed by atoms with Crippen LogP contribution in [-0.4, -0.2) is 78.5 Å². The van der Waals surface area contributed by atoms with Crippen molar-refractivity contribution in [1.29, 1.82) is 0 Å². The maximum absolute atomic E-state index is 12.9. The largest absolute Gasteiger partial charge is 0.508 e. The Hall–Kier alpha value is -4.72. The molecule has 0 saturated heterocycles. The van der Waals surface area contributed by atoms with Crippen LogP contribution in [-0.2, 0) is 38.4 Å². The van der Waals surface area contributed by atoms with Gasteiger partial charge in [0.2, 0.25) is 17.7 Å². The fraction of sp³-hybridized carbons (Fsp3) is 0.304. The maximum Gasteiger partial charge on any atom is 0.326 e. The minimum absolute atomic E-state index is 0.00226. The molecule has 14 nitrogen and oxygen atoms in total. The number of aromatic nitrogens is 4. The molecule has 37 heavy (non-hydrogen) atoms. The Morgan fingerprint density at radius 1 is 0.865 bits per heavy atom.